The summed E-state index contributed by atoms with van der Waals surface area (Å²) in [5.41, 5.74) is 7.90. The van der Waals surface area contributed by atoms with Crippen LogP contribution in [-0.2, 0) is 17.8 Å². The number of hydrogen-bond acceptors (Lipinski definition) is 6. The van der Waals surface area contributed by atoms with Crippen LogP contribution in [0.5, 0.6) is 5.88 Å². The van der Waals surface area contributed by atoms with Crippen molar-refractivity contribution < 1.29 is 27.9 Å². The fourth-order valence-corrected chi connectivity index (χ4v) is 5.39. The summed E-state index contributed by atoms with van der Waals surface area (Å²) < 4.78 is 30.7. The number of ether oxygens (including phenoxy) is 1. The van der Waals surface area contributed by atoms with Crippen molar-refractivity contribution in [3.8, 4) is 5.88 Å². The van der Waals surface area contributed by atoms with Crippen molar-refractivity contribution in [2.45, 2.75) is 51.6 Å². The van der Waals surface area contributed by atoms with Crippen LogP contribution in [0.4, 0.5) is 8.78 Å². The third-order valence-electron chi connectivity index (χ3n) is 7.24. The summed E-state index contributed by atoms with van der Waals surface area (Å²) in [5, 5.41) is 5.15. The van der Waals surface area contributed by atoms with Gasteiger partial charge in [0.2, 0.25) is 11.8 Å². The van der Waals surface area contributed by atoms with Gasteiger partial charge in [-0.3, -0.25) is 14.4 Å². The number of hydrogen-bond donors (Lipinski definition) is 1. The van der Waals surface area contributed by atoms with Gasteiger partial charge >= 0.3 is 6.61 Å². The number of benzene rings is 1. The van der Waals surface area contributed by atoms with E-state index in [1.807, 2.05) is 6.92 Å². The average molecular weight is 593 g/mol. The van der Waals surface area contributed by atoms with E-state index in [0.717, 1.165) is 0 Å². The number of pyridine rings is 1. The number of halogens is 4. The van der Waals surface area contributed by atoms with Crippen LogP contribution in [0.25, 0.3) is 0 Å². The lowest BCUT2D eigenvalue weighted by atomic mass is 9.96. The van der Waals surface area contributed by atoms with E-state index < -0.39 is 30.5 Å². The highest BCUT2D eigenvalue weighted by Gasteiger charge is 2.43. The molecule has 0 radical (unpaired) electrons. The summed E-state index contributed by atoms with van der Waals surface area (Å²) in [5.74, 6) is -1.66. The SMILES string of the molecule is CC(c1ccc(OC(F)F)nc1)N1C[C@@H](C(N)=O)n2nc3c(c2C1=O)CN(C(=O)c1ccc(Cl)c(Cl)c1)[C@H](C)C3. The number of primary amides is 1. The predicted octanol–water partition coefficient (Wildman–Crippen LogP) is 4.02. The summed E-state index contributed by atoms with van der Waals surface area (Å²) in [7, 11) is 0. The van der Waals surface area contributed by atoms with E-state index in [9.17, 15) is 23.2 Å². The molecule has 2 N–H and O–H groups in total. The lowest BCUT2D eigenvalue weighted by Gasteiger charge is -2.37. The van der Waals surface area contributed by atoms with Gasteiger partial charge in [-0.2, -0.15) is 13.9 Å². The number of carbonyl (C=O) groups excluding carboxylic acids is 3. The van der Waals surface area contributed by atoms with Crippen molar-refractivity contribution in [3.63, 3.8) is 0 Å². The number of nitrogens with two attached hydrogens (primary N) is 1. The highest BCUT2D eigenvalue weighted by atomic mass is 35.5. The second kappa shape index (κ2) is 10.7. The molecule has 0 fully saturated rings. The van der Waals surface area contributed by atoms with E-state index in [1.165, 1.54) is 34.0 Å². The van der Waals surface area contributed by atoms with Crippen molar-refractivity contribution in [3.05, 3.63) is 74.7 Å². The molecule has 1 unspecified atom stereocenters. The Bertz CT molecular complexity index is 1500. The van der Waals surface area contributed by atoms with Crippen LogP contribution in [0, 0.1) is 0 Å². The van der Waals surface area contributed by atoms with Gasteiger partial charge in [0.1, 0.15) is 11.7 Å². The second-order valence-corrected chi connectivity index (χ2v) is 10.5. The smallest absolute Gasteiger partial charge is 0.388 e. The Balaban J connectivity index is 1.48. The fourth-order valence-electron chi connectivity index (χ4n) is 5.09. The number of aromatic nitrogens is 3. The summed E-state index contributed by atoms with van der Waals surface area (Å²) in [6.07, 6.45) is 1.68. The van der Waals surface area contributed by atoms with Crippen molar-refractivity contribution in [2.24, 2.45) is 5.73 Å². The topological polar surface area (TPSA) is 124 Å². The van der Waals surface area contributed by atoms with Gasteiger partial charge in [0, 0.05) is 35.9 Å². The zero-order valence-electron chi connectivity index (χ0n) is 21.4. The number of alkyl halides is 2. The molecular weight excluding hydrogens is 569 g/mol. The number of rotatable bonds is 6. The fraction of sp³-hybridized carbons (Fsp3) is 0.346. The maximum atomic E-state index is 13.9. The predicted molar refractivity (Wildman–Crippen MR) is 140 cm³/mol. The largest absolute Gasteiger partial charge is 0.417 e. The molecule has 2 aromatic heterocycles. The van der Waals surface area contributed by atoms with E-state index >= 15 is 0 Å². The Morgan fingerprint density at radius 2 is 1.93 bits per heavy atom. The lowest BCUT2D eigenvalue weighted by Crippen LogP contribution is -2.49. The summed E-state index contributed by atoms with van der Waals surface area (Å²) in [6, 6.07) is 5.59. The van der Waals surface area contributed by atoms with Crippen molar-refractivity contribution in [1.29, 1.82) is 0 Å². The zero-order valence-corrected chi connectivity index (χ0v) is 22.9. The molecule has 2 aliphatic heterocycles. The summed E-state index contributed by atoms with van der Waals surface area (Å²) in [6.45, 7) is 0.590. The second-order valence-electron chi connectivity index (χ2n) is 9.69. The minimum Gasteiger partial charge on any atom is -0.417 e. The molecular formula is C26H24Cl2F2N6O4. The standard InChI is InChI=1S/C26H24Cl2F2N6O4/c1-12-7-19-16(10-34(12)24(38)14-3-5-17(27)18(28)8-14)22-25(39)35(11-20(23(31)37)36(22)33-19)13(2)15-4-6-21(32-9-15)40-26(29)30/h3-6,8-9,12-13,20,26H,7,10-11H2,1-2H3,(H2,31,37)/t12-,13?,20+/m1/s1. The number of amides is 3. The first-order chi connectivity index (χ1) is 19.0. The van der Waals surface area contributed by atoms with E-state index in [-0.39, 0.29) is 41.6 Å². The van der Waals surface area contributed by atoms with Gasteiger partial charge in [-0.1, -0.05) is 29.3 Å². The molecule has 0 saturated heterocycles. The molecule has 40 heavy (non-hydrogen) atoms. The van der Waals surface area contributed by atoms with Gasteiger partial charge in [-0.15, -0.1) is 0 Å². The maximum Gasteiger partial charge on any atom is 0.388 e. The first-order valence-corrected chi connectivity index (χ1v) is 13.1. The Morgan fingerprint density at radius 1 is 1.18 bits per heavy atom. The molecule has 0 saturated carbocycles. The third kappa shape index (κ3) is 4.97. The third-order valence-corrected chi connectivity index (χ3v) is 7.98. The van der Waals surface area contributed by atoms with Crippen LogP contribution in [0.15, 0.2) is 36.5 Å². The van der Waals surface area contributed by atoms with Crippen molar-refractivity contribution in [2.75, 3.05) is 6.54 Å². The Hall–Kier alpha value is -3.77. The molecule has 4 heterocycles. The molecule has 0 spiro atoms. The quantitative estimate of drug-likeness (QED) is 0.461. The number of nitrogens with zero attached hydrogens (tertiary/aromatic N) is 5. The monoisotopic (exact) mass is 592 g/mol. The van der Waals surface area contributed by atoms with Crippen LogP contribution in [0.3, 0.4) is 0 Å². The molecule has 3 aromatic rings. The van der Waals surface area contributed by atoms with Crippen molar-refractivity contribution in [1.82, 2.24) is 24.6 Å². The molecule has 1 aromatic carbocycles. The van der Waals surface area contributed by atoms with Gasteiger partial charge in [0.25, 0.3) is 11.8 Å². The number of carbonyl (C=O) groups is 3. The van der Waals surface area contributed by atoms with Gasteiger partial charge in [0.15, 0.2) is 0 Å². The summed E-state index contributed by atoms with van der Waals surface area (Å²) in [4.78, 5) is 46.8. The van der Waals surface area contributed by atoms with E-state index in [2.05, 4.69) is 14.8 Å². The summed E-state index contributed by atoms with van der Waals surface area (Å²) >= 11 is 12.1. The highest BCUT2D eigenvalue weighted by molar-refractivity contribution is 6.42. The normalized spacial score (nSPS) is 19.3. The lowest BCUT2D eigenvalue weighted by molar-refractivity contribution is -0.122. The van der Waals surface area contributed by atoms with Crippen LogP contribution in [0.1, 0.15) is 63.6 Å². The molecule has 3 atom stereocenters. The molecule has 210 valence electrons. The Kier molecular flexibility index (Phi) is 7.40. The minimum absolute atomic E-state index is 0.0559. The van der Waals surface area contributed by atoms with Crippen LogP contribution in [0.2, 0.25) is 10.0 Å². The first-order valence-electron chi connectivity index (χ1n) is 12.3. The Morgan fingerprint density at radius 3 is 2.55 bits per heavy atom. The molecule has 0 bridgehead atoms. The van der Waals surface area contributed by atoms with Gasteiger partial charge in [-0.25, -0.2) is 9.67 Å². The zero-order chi connectivity index (χ0) is 28.9. The van der Waals surface area contributed by atoms with E-state index in [0.29, 0.717) is 33.8 Å². The first kappa shape index (κ1) is 27.8. The van der Waals surface area contributed by atoms with Gasteiger partial charge in [0.05, 0.1) is 34.9 Å². The molecule has 3 amide bonds. The molecule has 5 rings (SSSR count). The van der Waals surface area contributed by atoms with Crippen LogP contribution >= 0.6 is 23.2 Å². The molecule has 10 nitrogen and oxygen atoms in total. The minimum atomic E-state index is -3.02. The molecule has 14 heteroatoms. The van der Waals surface area contributed by atoms with E-state index in [1.54, 1.807) is 24.0 Å². The van der Waals surface area contributed by atoms with Crippen LogP contribution < -0.4 is 10.5 Å². The van der Waals surface area contributed by atoms with Crippen molar-refractivity contribution >= 4 is 40.9 Å². The number of fused-ring (bicyclic) bond motifs is 3. The highest BCUT2D eigenvalue weighted by Crippen LogP contribution is 2.36. The van der Waals surface area contributed by atoms with E-state index in [4.69, 9.17) is 28.9 Å². The maximum absolute atomic E-state index is 13.9. The molecule has 2 aliphatic rings. The van der Waals surface area contributed by atoms with Gasteiger partial charge in [-0.05, 0) is 37.6 Å². The molecule has 0 aliphatic carbocycles. The van der Waals surface area contributed by atoms with Crippen LogP contribution in [-0.4, -0.2) is 61.5 Å². The average Bonchev–Trinajstić information content (AvgIpc) is 3.27. The Labute approximate surface area is 237 Å². The van der Waals surface area contributed by atoms with Gasteiger partial charge < -0.3 is 20.3 Å².